The first-order valence-corrected chi connectivity index (χ1v) is 9.45. The van der Waals surface area contributed by atoms with Crippen LogP contribution in [-0.2, 0) is 4.79 Å². The molecule has 0 fully saturated rings. The highest BCUT2D eigenvalue weighted by Gasteiger charge is 2.13. The van der Waals surface area contributed by atoms with E-state index in [1.54, 1.807) is 18.2 Å². The number of carbonyl (C=O) groups is 2. The zero-order valence-electron chi connectivity index (χ0n) is 15.1. The summed E-state index contributed by atoms with van der Waals surface area (Å²) in [5.41, 5.74) is 3.63. The van der Waals surface area contributed by atoms with E-state index in [2.05, 4.69) is 10.6 Å². The first kappa shape index (κ1) is 18.8. The van der Waals surface area contributed by atoms with E-state index < -0.39 is 0 Å². The second-order valence-electron chi connectivity index (χ2n) is 6.08. The Morgan fingerprint density at radius 1 is 0.963 bits per heavy atom. The molecule has 5 nitrogen and oxygen atoms in total. The molecule has 0 radical (unpaired) electrons. The minimum Gasteiger partial charge on any atom is -0.459 e. The fourth-order valence-electron chi connectivity index (χ4n) is 2.57. The van der Waals surface area contributed by atoms with Gasteiger partial charge in [0.25, 0.3) is 5.91 Å². The van der Waals surface area contributed by atoms with Gasteiger partial charge >= 0.3 is 0 Å². The van der Waals surface area contributed by atoms with Crippen molar-refractivity contribution in [2.75, 3.05) is 16.4 Å². The summed E-state index contributed by atoms with van der Waals surface area (Å²) in [5.74, 6) is 0.0512. The number of hydrogen-bond acceptors (Lipinski definition) is 4. The van der Waals surface area contributed by atoms with Gasteiger partial charge in [0.15, 0.2) is 5.76 Å². The predicted octanol–water partition coefficient (Wildman–Crippen LogP) is 4.88. The second kappa shape index (κ2) is 8.60. The van der Waals surface area contributed by atoms with E-state index in [1.807, 2.05) is 50.2 Å². The van der Waals surface area contributed by atoms with E-state index in [9.17, 15) is 9.59 Å². The lowest BCUT2D eigenvalue weighted by Gasteiger charge is -2.11. The number of carbonyl (C=O) groups excluding carboxylic acids is 2. The van der Waals surface area contributed by atoms with Crippen LogP contribution < -0.4 is 10.6 Å². The molecular formula is C21H20N2O3S. The van der Waals surface area contributed by atoms with Crippen LogP contribution in [0.2, 0.25) is 0 Å². The average molecular weight is 380 g/mol. The molecule has 0 unspecified atom stereocenters. The molecule has 3 rings (SSSR count). The summed E-state index contributed by atoms with van der Waals surface area (Å²) < 4.78 is 5.11. The first-order valence-electron chi connectivity index (χ1n) is 8.47. The van der Waals surface area contributed by atoms with Gasteiger partial charge in [-0.2, -0.15) is 0 Å². The molecule has 1 aromatic heterocycles. The topological polar surface area (TPSA) is 71.3 Å². The summed E-state index contributed by atoms with van der Waals surface area (Å²) in [7, 11) is 0. The lowest BCUT2D eigenvalue weighted by atomic mass is 10.1. The van der Waals surface area contributed by atoms with Crippen molar-refractivity contribution in [1.29, 1.82) is 0 Å². The molecule has 27 heavy (non-hydrogen) atoms. The monoisotopic (exact) mass is 380 g/mol. The van der Waals surface area contributed by atoms with Gasteiger partial charge in [-0.05, 0) is 49.7 Å². The molecule has 0 aliphatic carbocycles. The van der Waals surface area contributed by atoms with Crippen LogP contribution in [0.15, 0.2) is 70.2 Å². The van der Waals surface area contributed by atoms with Crippen LogP contribution in [0.3, 0.4) is 0 Å². The minimum absolute atomic E-state index is 0.0980. The SMILES string of the molecule is Cc1ccc(NC(=O)CSc2ccccc2NC(=O)c2ccco2)c(C)c1. The number of aryl methyl sites for hydroxylation is 2. The van der Waals surface area contributed by atoms with Crippen molar-refractivity contribution in [2.24, 2.45) is 0 Å². The van der Waals surface area contributed by atoms with Crippen molar-refractivity contribution in [3.8, 4) is 0 Å². The zero-order valence-corrected chi connectivity index (χ0v) is 15.9. The summed E-state index contributed by atoms with van der Waals surface area (Å²) in [5, 5.41) is 5.74. The fourth-order valence-corrected chi connectivity index (χ4v) is 3.38. The van der Waals surface area contributed by atoms with E-state index >= 15 is 0 Å². The van der Waals surface area contributed by atoms with E-state index in [-0.39, 0.29) is 23.3 Å². The molecule has 3 aromatic rings. The van der Waals surface area contributed by atoms with Crippen molar-refractivity contribution in [1.82, 2.24) is 0 Å². The molecule has 2 amide bonds. The third kappa shape index (κ3) is 5.01. The molecule has 0 bridgehead atoms. The van der Waals surface area contributed by atoms with Gasteiger partial charge in [-0.25, -0.2) is 0 Å². The Morgan fingerprint density at radius 3 is 2.52 bits per heavy atom. The Morgan fingerprint density at radius 2 is 1.78 bits per heavy atom. The molecule has 1 heterocycles. The highest BCUT2D eigenvalue weighted by molar-refractivity contribution is 8.00. The average Bonchev–Trinajstić information content (AvgIpc) is 3.18. The molecule has 138 valence electrons. The van der Waals surface area contributed by atoms with E-state index in [0.29, 0.717) is 5.69 Å². The standard InChI is InChI=1S/C21H20N2O3S/c1-14-9-10-16(15(2)12-14)22-20(24)13-27-19-8-4-3-6-17(19)23-21(25)18-7-5-11-26-18/h3-12H,13H2,1-2H3,(H,22,24)(H,23,25). The van der Waals surface area contributed by atoms with Crippen LogP contribution in [0.1, 0.15) is 21.7 Å². The number of benzene rings is 2. The van der Waals surface area contributed by atoms with Crippen molar-refractivity contribution >= 4 is 35.0 Å². The quantitative estimate of drug-likeness (QED) is 0.598. The zero-order chi connectivity index (χ0) is 19.2. The largest absolute Gasteiger partial charge is 0.459 e. The summed E-state index contributed by atoms with van der Waals surface area (Å²) in [6.07, 6.45) is 1.45. The van der Waals surface area contributed by atoms with Crippen molar-refractivity contribution in [3.05, 3.63) is 77.7 Å². The Balaban J connectivity index is 1.62. The lowest BCUT2D eigenvalue weighted by Crippen LogP contribution is -2.15. The molecular weight excluding hydrogens is 360 g/mol. The number of rotatable bonds is 6. The Hall–Kier alpha value is -2.99. The number of furan rings is 1. The summed E-state index contributed by atoms with van der Waals surface area (Å²) in [6.45, 7) is 3.98. The highest BCUT2D eigenvalue weighted by Crippen LogP contribution is 2.28. The lowest BCUT2D eigenvalue weighted by molar-refractivity contribution is -0.113. The maximum absolute atomic E-state index is 12.3. The molecule has 0 spiro atoms. The maximum atomic E-state index is 12.3. The van der Waals surface area contributed by atoms with Gasteiger partial charge in [0, 0.05) is 10.6 Å². The van der Waals surface area contributed by atoms with Gasteiger partial charge in [-0.3, -0.25) is 9.59 Å². The molecule has 0 aliphatic rings. The molecule has 0 saturated carbocycles. The van der Waals surface area contributed by atoms with Crippen molar-refractivity contribution in [3.63, 3.8) is 0 Å². The molecule has 6 heteroatoms. The van der Waals surface area contributed by atoms with Crippen LogP contribution in [0.5, 0.6) is 0 Å². The van der Waals surface area contributed by atoms with Gasteiger partial charge < -0.3 is 15.1 Å². The number of hydrogen-bond donors (Lipinski definition) is 2. The van der Waals surface area contributed by atoms with E-state index in [0.717, 1.165) is 21.7 Å². The van der Waals surface area contributed by atoms with Crippen molar-refractivity contribution in [2.45, 2.75) is 18.7 Å². The van der Waals surface area contributed by atoms with E-state index in [1.165, 1.54) is 18.0 Å². The Kier molecular flexibility index (Phi) is 5.98. The Labute approximate surface area is 162 Å². The predicted molar refractivity (Wildman–Crippen MR) is 108 cm³/mol. The number of anilines is 2. The fraction of sp³-hybridized carbons (Fsp3) is 0.143. The molecule has 0 atom stereocenters. The minimum atomic E-state index is -0.326. The van der Waals surface area contributed by atoms with Crippen LogP contribution in [0.4, 0.5) is 11.4 Å². The molecule has 2 aromatic carbocycles. The van der Waals surface area contributed by atoms with Gasteiger partial charge in [0.2, 0.25) is 5.91 Å². The molecule has 2 N–H and O–H groups in total. The summed E-state index contributed by atoms with van der Waals surface area (Å²) in [6, 6.07) is 16.5. The molecule has 0 aliphatic heterocycles. The van der Waals surface area contributed by atoms with Crippen LogP contribution in [0.25, 0.3) is 0 Å². The van der Waals surface area contributed by atoms with Crippen LogP contribution >= 0.6 is 11.8 Å². The number of para-hydroxylation sites is 1. The van der Waals surface area contributed by atoms with E-state index in [4.69, 9.17) is 4.42 Å². The third-order valence-electron chi connectivity index (χ3n) is 3.89. The van der Waals surface area contributed by atoms with Gasteiger partial charge in [0.05, 0.1) is 17.7 Å². The van der Waals surface area contributed by atoms with Gasteiger partial charge in [-0.15, -0.1) is 11.8 Å². The number of thioether (sulfide) groups is 1. The number of amides is 2. The first-order chi connectivity index (χ1) is 13.0. The summed E-state index contributed by atoms with van der Waals surface area (Å²) in [4.78, 5) is 25.3. The highest BCUT2D eigenvalue weighted by atomic mass is 32.2. The third-order valence-corrected chi connectivity index (χ3v) is 4.97. The smallest absolute Gasteiger partial charge is 0.291 e. The van der Waals surface area contributed by atoms with Crippen LogP contribution in [-0.4, -0.2) is 17.6 Å². The van der Waals surface area contributed by atoms with Gasteiger partial charge in [-0.1, -0.05) is 29.8 Å². The maximum Gasteiger partial charge on any atom is 0.291 e. The van der Waals surface area contributed by atoms with Crippen molar-refractivity contribution < 1.29 is 14.0 Å². The summed E-state index contributed by atoms with van der Waals surface area (Å²) >= 11 is 1.37. The molecule has 0 saturated heterocycles. The second-order valence-corrected chi connectivity index (χ2v) is 7.10. The Bertz CT molecular complexity index is 952. The van der Waals surface area contributed by atoms with Crippen LogP contribution in [0, 0.1) is 13.8 Å². The van der Waals surface area contributed by atoms with Gasteiger partial charge in [0.1, 0.15) is 0 Å². The normalized spacial score (nSPS) is 10.4. The number of nitrogens with one attached hydrogen (secondary N) is 2.